The second-order valence-electron chi connectivity index (χ2n) is 9.01. The summed E-state index contributed by atoms with van der Waals surface area (Å²) in [6.45, 7) is 5.13. The minimum absolute atomic E-state index is 0.00735. The zero-order chi connectivity index (χ0) is 26.7. The van der Waals surface area contributed by atoms with Gasteiger partial charge in [0, 0.05) is 23.7 Å². The summed E-state index contributed by atoms with van der Waals surface area (Å²) in [6.07, 6.45) is -2.89. The topological polar surface area (TPSA) is 72.7 Å². The number of anilines is 1. The number of nitrogens with zero attached hydrogens (tertiary/aromatic N) is 3. The van der Waals surface area contributed by atoms with Crippen LogP contribution in [0.3, 0.4) is 0 Å². The third-order valence-corrected chi connectivity index (χ3v) is 6.50. The standard InChI is InChI=1S/C27H26ClF3N4O3/c1-2-35-12-6-9-19(15-35)32-26-34-25-21(37-26)11-10-20(33-25)24-22(36-16-17-7-4-3-5-8-17)13-18(28)14-23(24)38-27(29,30)31/h3-5,7-8,10-11,13-14,19H,2,6,9,12,15-16H2,1H3,(H,32,33,34)/t19-/m1/s1. The molecule has 0 amide bonds. The molecule has 7 nitrogen and oxygen atoms in total. The van der Waals surface area contributed by atoms with Crippen molar-refractivity contribution in [2.45, 2.75) is 38.8 Å². The number of fused-ring (bicyclic) bond motifs is 1. The first-order valence-corrected chi connectivity index (χ1v) is 12.7. The van der Waals surface area contributed by atoms with Crippen LogP contribution in [0, 0.1) is 0 Å². The van der Waals surface area contributed by atoms with E-state index in [2.05, 4.69) is 31.8 Å². The fourth-order valence-corrected chi connectivity index (χ4v) is 4.72. The quantitative estimate of drug-likeness (QED) is 0.257. The van der Waals surface area contributed by atoms with E-state index in [4.69, 9.17) is 20.8 Å². The van der Waals surface area contributed by atoms with Crippen LogP contribution in [-0.2, 0) is 6.61 Å². The van der Waals surface area contributed by atoms with Crippen molar-refractivity contribution in [1.29, 1.82) is 0 Å². The van der Waals surface area contributed by atoms with Crippen molar-refractivity contribution in [2.24, 2.45) is 0 Å². The number of oxazole rings is 1. The lowest BCUT2D eigenvalue weighted by atomic mass is 10.1. The molecule has 1 aliphatic heterocycles. The van der Waals surface area contributed by atoms with Crippen molar-refractivity contribution in [3.63, 3.8) is 0 Å². The van der Waals surface area contributed by atoms with E-state index in [0.717, 1.165) is 44.1 Å². The van der Waals surface area contributed by atoms with E-state index in [0.29, 0.717) is 11.6 Å². The summed E-state index contributed by atoms with van der Waals surface area (Å²) in [6, 6.07) is 15.4. The molecule has 3 heterocycles. The van der Waals surface area contributed by atoms with Crippen LogP contribution in [0.4, 0.5) is 19.2 Å². The molecule has 1 aliphatic rings. The molecule has 0 radical (unpaired) electrons. The number of ether oxygens (including phenoxy) is 2. The van der Waals surface area contributed by atoms with Gasteiger partial charge in [-0.1, -0.05) is 48.9 Å². The lowest BCUT2D eigenvalue weighted by Gasteiger charge is -2.31. The Hall–Kier alpha value is -3.50. The number of benzene rings is 2. The Morgan fingerprint density at radius 3 is 2.66 bits per heavy atom. The van der Waals surface area contributed by atoms with Gasteiger partial charge in [0.1, 0.15) is 18.1 Å². The molecular formula is C27H26ClF3N4O3. The normalized spacial score (nSPS) is 16.5. The van der Waals surface area contributed by atoms with Gasteiger partial charge in [0.25, 0.3) is 6.01 Å². The molecule has 5 rings (SSSR count). The third-order valence-electron chi connectivity index (χ3n) is 6.28. The molecule has 1 atom stereocenters. The molecule has 0 aliphatic carbocycles. The molecule has 4 aromatic rings. The number of halogens is 4. The van der Waals surface area contributed by atoms with Gasteiger partial charge in [0.05, 0.1) is 11.3 Å². The molecule has 38 heavy (non-hydrogen) atoms. The molecular weight excluding hydrogens is 521 g/mol. The van der Waals surface area contributed by atoms with Gasteiger partial charge in [0.15, 0.2) is 5.58 Å². The smallest absolute Gasteiger partial charge is 0.488 e. The van der Waals surface area contributed by atoms with E-state index in [9.17, 15) is 13.2 Å². The molecule has 1 saturated heterocycles. The number of likely N-dealkylation sites (tertiary alicyclic amines) is 1. The Kier molecular flexibility index (Phi) is 7.62. The highest BCUT2D eigenvalue weighted by Crippen LogP contribution is 2.43. The van der Waals surface area contributed by atoms with Crippen molar-refractivity contribution in [3.05, 3.63) is 65.2 Å². The van der Waals surface area contributed by atoms with Crippen LogP contribution in [0.2, 0.25) is 5.02 Å². The minimum atomic E-state index is -4.95. The molecule has 11 heteroatoms. The van der Waals surface area contributed by atoms with E-state index >= 15 is 0 Å². The Balaban J connectivity index is 1.48. The number of aromatic nitrogens is 2. The molecule has 0 spiro atoms. The number of alkyl halides is 3. The summed E-state index contributed by atoms with van der Waals surface area (Å²) in [7, 11) is 0. The van der Waals surface area contributed by atoms with Crippen molar-refractivity contribution in [2.75, 3.05) is 25.0 Å². The summed E-state index contributed by atoms with van der Waals surface area (Å²) in [5.41, 5.74) is 1.66. The van der Waals surface area contributed by atoms with Gasteiger partial charge >= 0.3 is 6.36 Å². The maximum Gasteiger partial charge on any atom is 0.573 e. The highest BCUT2D eigenvalue weighted by atomic mass is 35.5. The minimum Gasteiger partial charge on any atom is -0.488 e. The van der Waals surface area contributed by atoms with E-state index in [1.165, 1.54) is 6.07 Å². The van der Waals surface area contributed by atoms with E-state index in [1.54, 1.807) is 12.1 Å². The molecule has 0 unspecified atom stereocenters. The first kappa shape index (κ1) is 26.1. The fourth-order valence-electron chi connectivity index (χ4n) is 4.52. The van der Waals surface area contributed by atoms with Crippen molar-refractivity contribution >= 4 is 28.8 Å². The van der Waals surface area contributed by atoms with Gasteiger partial charge in [0.2, 0.25) is 5.65 Å². The van der Waals surface area contributed by atoms with E-state index in [1.807, 2.05) is 30.3 Å². The monoisotopic (exact) mass is 546 g/mol. The largest absolute Gasteiger partial charge is 0.573 e. The average Bonchev–Trinajstić information content (AvgIpc) is 3.28. The summed E-state index contributed by atoms with van der Waals surface area (Å²) in [4.78, 5) is 11.3. The van der Waals surface area contributed by atoms with E-state index in [-0.39, 0.29) is 40.3 Å². The molecule has 0 bridgehead atoms. The summed E-state index contributed by atoms with van der Waals surface area (Å²) in [5.74, 6) is -0.431. The average molecular weight is 547 g/mol. The zero-order valence-corrected chi connectivity index (χ0v) is 21.4. The van der Waals surface area contributed by atoms with Crippen LogP contribution >= 0.6 is 11.6 Å². The Bertz CT molecular complexity index is 1400. The van der Waals surface area contributed by atoms with Crippen LogP contribution < -0.4 is 14.8 Å². The van der Waals surface area contributed by atoms with Crippen molar-refractivity contribution in [1.82, 2.24) is 14.9 Å². The molecule has 2 aromatic carbocycles. The summed E-state index contributed by atoms with van der Waals surface area (Å²) < 4.78 is 56.0. The zero-order valence-electron chi connectivity index (χ0n) is 20.6. The molecule has 2 aromatic heterocycles. The Morgan fingerprint density at radius 2 is 1.89 bits per heavy atom. The maximum atomic E-state index is 13.3. The van der Waals surface area contributed by atoms with Crippen molar-refractivity contribution in [3.8, 4) is 22.8 Å². The second kappa shape index (κ2) is 11.1. The lowest BCUT2D eigenvalue weighted by Crippen LogP contribution is -2.41. The Labute approximate surface area is 222 Å². The molecule has 1 N–H and O–H groups in total. The predicted octanol–water partition coefficient (Wildman–Crippen LogP) is 6.92. The maximum absolute atomic E-state index is 13.3. The second-order valence-corrected chi connectivity index (χ2v) is 9.45. The number of hydrogen-bond acceptors (Lipinski definition) is 7. The summed E-state index contributed by atoms with van der Waals surface area (Å²) in [5, 5.41) is 3.35. The van der Waals surface area contributed by atoms with E-state index < -0.39 is 12.1 Å². The Morgan fingerprint density at radius 1 is 1.11 bits per heavy atom. The van der Waals surface area contributed by atoms with Gasteiger partial charge in [-0.2, -0.15) is 4.98 Å². The van der Waals surface area contributed by atoms with Gasteiger partial charge in [-0.25, -0.2) is 4.98 Å². The highest BCUT2D eigenvalue weighted by molar-refractivity contribution is 6.31. The number of nitrogens with one attached hydrogen (secondary N) is 1. The number of piperidine rings is 1. The first-order valence-electron chi connectivity index (χ1n) is 12.3. The third kappa shape index (κ3) is 6.31. The number of rotatable bonds is 8. The van der Waals surface area contributed by atoms with Crippen LogP contribution in [0.15, 0.2) is 59.0 Å². The van der Waals surface area contributed by atoms with Crippen molar-refractivity contribution < 1.29 is 27.1 Å². The van der Waals surface area contributed by atoms with Crippen LogP contribution in [0.1, 0.15) is 25.3 Å². The van der Waals surface area contributed by atoms with Gasteiger partial charge < -0.3 is 24.1 Å². The lowest BCUT2D eigenvalue weighted by molar-refractivity contribution is -0.274. The van der Waals surface area contributed by atoms with Gasteiger partial charge in [-0.05, 0) is 49.7 Å². The molecule has 1 fully saturated rings. The number of likely N-dealkylation sites (N-methyl/N-ethyl adjacent to an activating group) is 1. The van der Waals surface area contributed by atoms with Gasteiger partial charge in [-0.15, -0.1) is 13.2 Å². The highest BCUT2D eigenvalue weighted by Gasteiger charge is 2.34. The predicted molar refractivity (Wildman–Crippen MR) is 138 cm³/mol. The van der Waals surface area contributed by atoms with Crippen LogP contribution in [-0.4, -0.2) is 46.9 Å². The SMILES string of the molecule is CCN1CCC[C@@H](Nc2nc3nc(-c4c(OCc5ccccc5)cc(Cl)cc4OC(F)(F)F)ccc3o2)C1. The summed E-state index contributed by atoms with van der Waals surface area (Å²) >= 11 is 6.14. The van der Waals surface area contributed by atoms with Crippen LogP contribution in [0.25, 0.3) is 22.5 Å². The fraction of sp³-hybridized carbons (Fsp3) is 0.333. The molecule has 0 saturated carbocycles. The van der Waals surface area contributed by atoms with Gasteiger partial charge in [-0.3, -0.25) is 0 Å². The first-order chi connectivity index (χ1) is 18.3. The van der Waals surface area contributed by atoms with Crippen LogP contribution in [0.5, 0.6) is 11.5 Å². The number of pyridine rings is 1. The molecule has 200 valence electrons. The number of hydrogen-bond donors (Lipinski definition) is 1.